The van der Waals surface area contributed by atoms with Crippen LogP contribution in [0, 0.1) is 5.92 Å². The lowest BCUT2D eigenvalue weighted by Gasteiger charge is -2.34. The van der Waals surface area contributed by atoms with Gasteiger partial charge in [0.05, 0.1) is 6.61 Å². The number of carbonyl (C=O) groups is 1. The van der Waals surface area contributed by atoms with E-state index in [1.54, 1.807) is 0 Å². The molecular weight excluding hydrogens is 204 g/mol. The van der Waals surface area contributed by atoms with Crippen LogP contribution < -0.4 is 0 Å². The van der Waals surface area contributed by atoms with Crippen molar-refractivity contribution in [3.63, 3.8) is 0 Å². The number of ether oxygens (including phenoxy) is 1. The third-order valence-electron chi connectivity index (χ3n) is 3.27. The van der Waals surface area contributed by atoms with Crippen molar-refractivity contribution >= 4 is 6.09 Å². The highest BCUT2D eigenvalue weighted by Crippen LogP contribution is 2.29. The Bertz CT molecular complexity index is 233. The lowest BCUT2D eigenvalue weighted by atomic mass is 10.3. The summed E-state index contributed by atoms with van der Waals surface area (Å²) in [6.45, 7) is 7.47. The molecule has 0 bridgehead atoms. The molecule has 0 N–H and O–H groups in total. The molecule has 2 aliphatic rings. The number of carbonyl (C=O) groups excluding carboxylic acids is 1. The van der Waals surface area contributed by atoms with Crippen molar-refractivity contribution in [1.82, 2.24) is 9.80 Å². The Morgan fingerprint density at radius 3 is 2.50 bits per heavy atom. The highest BCUT2D eigenvalue weighted by atomic mass is 16.6. The molecule has 4 nitrogen and oxygen atoms in total. The van der Waals surface area contributed by atoms with Gasteiger partial charge in [-0.25, -0.2) is 4.79 Å². The lowest BCUT2D eigenvalue weighted by molar-refractivity contribution is 0.0753. The molecule has 1 aliphatic heterocycles. The maximum atomic E-state index is 11.6. The quantitative estimate of drug-likeness (QED) is 0.729. The third kappa shape index (κ3) is 3.37. The molecule has 0 aromatic carbocycles. The first-order valence-corrected chi connectivity index (χ1v) is 6.43. The standard InChI is InChI=1S/C12H22N2O2/c1-2-9-16-12(15)14-7-5-13(6-8-14)10-11-3-4-11/h11H,2-10H2,1H3. The molecule has 4 heteroatoms. The van der Waals surface area contributed by atoms with Gasteiger partial charge in [-0.2, -0.15) is 0 Å². The van der Waals surface area contributed by atoms with Gasteiger partial charge in [0.2, 0.25) is 0 Å². The molecule has 0 aromatic heterocycles. The Balaban J connectivity index is 1.65. The summed E-state index contributed by atoms with van der Waals surface area (Å²) in [5, 5.41) is 0. The van der Waals surface area contributed by atoms with E-state index in [0.717, 1.165) is 38.5 Å². The average molecular weight is 226 g/mol. The van der Waals surface area contributed by atoms with Crippen molar-refractivity contribution in [2.75, 3.05) is 39.3 Å². The monoisotopic (exact) mass is 226 g/mol. The van der Waals surface area contributed by atoms with Crippen molar-refractivity contribution in [3.05, 3.63) is 0 Å². The molecule has 1 heterocycles. The van der Waals surface area contributed by atoms with Gasteiger partial charge in [0.25, 0.3) is 0 Å². The van der Waals surface area contributed by atoms with Gasteiger partial charge in [0.15, 0.2) is 0 Å². The number of piperazine rings is 1. The largest absolute Gasteiger partial charge is 0.449 e. The fourth-order valence-corrected chi connectivity index (χ4v) is 2.06. The van der Waals surface area contributed by atoms with Crippen molar-refractivity contribution in [3.8, 4) is 0 Å². The smallest absolute Gasteiger partial charge is 0.409 e. The van der Waals surface area contributed by atoms with Crippen molar-refractivity contribution in [1.29, 1.82) is 0 Å². The maximum Gasteiger partial charge on any atom is 0.409 e. The van der Waals surface area contributed by atoms with E-state index in [0.29, 0.717) is 6.61 Å². The van der Waals surface area contributed by atoms with Gasteiger partial charge in [-0.1, -0.05) is 6.92 Å². The molecule has 1 saturated carbocycles. The minimum atomic E-state index is -0.132. The van der Waals surface area contributed by atoms with Crippen LogP contribution in [-0.4, -0.2) is 55.2 Å². The van der Waals surface area contributed by atoms with E-state index in [2.05, 4.69) is 4.90 Å². The number of hydrogen-bond acceptors (Lipinski definition) is 3. The SMILES string of the molecule is CCCOC(=O)N1CCN(CC2CC2)CC1. The lowest BCUT2D eigenvalue weighted by Crippen LogP contribution is -2.49. The van der Waals surface area contributed by atoms with Crippen LogP contribution in [0.1, 0.15) is 26.2 Å². The van der Waals surface area contributed by atoms with Crippen molar-refractivity contribution < 1.29 is 9.53 Å². The van der Waals surface area contributed by atoms with Gasteiger partial charge in [-0.3, -0.25) is 4.90 Å². The van der Waals surface area contributed by atoms with Gasteiger partial charge < -0.3 is 9.64 Å². The first kappa shape index (κ1) is 11.7. The van der Waals surface area contributed by atoms with Crippen molar-refractivity contribution in [2.45, 2.75) is 26.2 Å². The Labute approximate surface area is 97.5 Å². The average Bonchev–Trinajstić information content (AvgIpc) is 3.11. The second kappa shape index (κ2) is 5.53. The number of rotatable bonds is 4. The predicted molar refractivity (Wildman–Crippen MR) is 62.4 cm³/mol. The first-order chi connectivity index (χ1) is 7.79. The molecule has 1 saturated heterocycles. The Hall–Kier alpha value is -0.770. The minimum Gasteiger partial charge on any atom is -0.449 e. The summed E-state index contributed by atoms with van der Waals surface area (Å²) in [4.78, 5) is 15.9. The zero-order chi connectivity index (χ0) is 11.4. The highest BCUT2D eigenvalue weighted by Gasteiger charge is 2.27. The van der Waals surface area contributed by atoms with Gasteiger partial charge in [0.1, 0.15) is 0 Å². The Morgan fingerprint density at radius 1 is 1.25 bits per heavy atom. The second-order valence-corrected chi connectivity index (χ2v) is 4.85. The topological polar surface area (TPSA) is 32.8 Å². The molecule has 1 amide bonds. The molecular formula is C12H22N2O2. The minimum absolute atomic E-state index is 0.132. The van der Waals surface area contributed by atoms with Crippen LogP contribution in [0.25, 0.3) is 0 Å². The molecule has 2 fully saturated rings. The fraction of sp³-hybridized carbons (Fsp3) is 0.917. The summed E-state index contributed by atoms with van der Waals surface area (Å²) in [6, 6.07) is 0. The molecule has 2 rings (SSSR count). The number of amides is 1. The highest BCUT2D eigenvalue weighted by molar-refractivity contribution is 5.67. The molecule has 0 aromatic rings. The van der Waals surface area contributed by atoms with Crippen molar-refractivity contribution in [2.24, 2.45) is 5.92 Å². The summed E-state index contributed by atoms with van der Waals surface area (Å²) < 4.78 is 5.13. The fourth-order valence-electron chi connectivity index (χ4n) is 2.06. The van der Waals surface area contributed by atoms with Gasteiger partial charge >= 0.3 is 6.09 Å². The summed E-state index contributed by atoms with van der Waals surface area (Å²) in [5.41, 5.74) is 0. The van der Waals surface area contributed by atoms with E-state index >= 15 is 0 Å². The van der Waals surface area contributed by atoms with Crippen LogP contribution in [0.3, 0.4) is 0 Å². The van der Waals surface area contributed by atoms with E-state index in [1.165, 1.54) is 19.4 Å². The Morgan fingerprint density at radius 2 is 1.94 bits per heavy atom. The van der Waals surface area contributed by atoms with Gasteiger partial charge in [-0.15, -0.1) is 0 Å². The van der Waals surface area contributed by atoms with Gasteiger partial charge in [-0.05, 0) is 25.2 Å². The molecule has 0 radical (unpaired) electrons. The Kier molecular flexibility index (Phi) is 4.04. The number of nitrogens with zero attached hydrogens (tertiary/aromatic N) is 2. The summed E-state index contributed by atoms with van der Waals surface area (Å²) in [5.74, 6) is 0.943. The maximum absolute atomic E-state index is 11.6. The summed E-state index contributed by atoms with van der Waals surface area (Å²) >= 11 is 0. The van der Waals surface area contributed by atoms with E-state index in [9.17, 15) is 4.79 Å². The number of hydrogen-bond donors (Lipinski definition) is 0. The molecule has 0 atom stereocenters. The normalized spacial score (nSPS) is 22.2. The molecule has 1 aliphatic carbocycles. The van der Waals surface area contributed by atoms with E-state index in [4.69, 9.17) is 4.74 Å². The molecule has 0 unspecified atom stereocenters. The first-order valence-electron chi connectivity index (χ1n) is 6.43. The summed E-state index contributed by atoms with van der Waals surface area (Å²) in [6.07, 6.45) is 3.57. The molecule has 92 valence electrons. The van der Waals surface area contributed by atoms with Crippen LogP contribution in [0.5, 0.6) is 0 Å². The van der Waals surface area contributed by atoms with Gasteiger partial charge in [0, 0.05) is 32.7 Å². The van der Waals surface area contributed by atoms with Crippen LogP contribution in [-0.2, 0) is 4.74 Å². The van der Waals surface area contributed by atoms with Crippen LogP contribution >= 0.6 is 0 Å². The zero-order valence-electron chi connectivity index (χ0n) is 10.2. The molecule has 0 spiro atoms. The second-order valence-electron chi connectivity index (χ2n) is 4.85. The predicted octanol–water partition coefficient (Wildman–Crippen LogP) is 1.56. The third-order valence-corrected chi connectivity index (χ3v) is 3.27. The van der Waals surface area contributed by atoms with E-state index < -0.39 is 0 Å². The molecule has 16 heavy (non-hydrogen) atoms. The van der Waals surface area contributed by atoms with Crippen LogP contribution in [0.4, 0.5) is 4.79 Å². The van der Waals surface area contributed by atoms with Crippen LogP contribution in [0.15, 0.2) is 0 Å². The zero-order valence-corrected chi connectivity index (χ0v) is 10.2. The summed E-state index contributed by atoms with van der Waals surface area (Å²) in [7, 11) is 0. The van der Waals surface area contributed by atoms with E-state index in [-0.39, 0.29) is 6.09 Å². The van der Waals surface area contributed by atoms with Crippen LogP contribution in [0.2, 0.25) is 0 Å². The van der Waals surface area contributed by atoms with E-state index in [1.807, 2.05) is 11.8 Å².